The molecule has 104 valence electrons. The Morgan fingerprint density at radius 1 is 1.39 bits per heavy atom. The summed E-state index contributed by atoms with van der Waals surface area (Å²) in [7, 11) is -1.87. The van der Waals surface area contributed by atoms with Crippen LogP contribution in [0.15, 0.2) is 0 Å². The predicted octanol–water partition coefficient (Wildman–Crippen LogP) is 2.14. The van der Waals surface area contributed by atoms with Crippen molar-refractivity contribution in [3.8, 4) is 0 Å². The Bertz CT molecular complexity index is 352. The van der Waals surface area contributed by atoms with Gasteiger partial charge in [0.15, 0.2) is 8.32 Å². The zero-order chi connectivity index (χ0) is 13.7. The average Bonchev–Trinajstić information content (AvgIpc) is 2.93. The van der Waals surface area contributed by atoms with E-state index in [9.17, 15) is 4.79 Å². The number of fused-ring (bicyclic) bond motifs is 1. The fourth-order valence-electron chi connectivity index (χ4n) is 2.06. The SMILES string of the molecule is CC(C)(C)[Si](C)(C)OC1CN(C(=O)O)CC2OC21. The van der Waals surface area contributed by atoms with Crippen molar-refractivity contribution in [2.45, 2.75) is 57.2 Å². The smallest absolute Gasteiger partial charge is 0.407 e. The Hall–Kier alpha value is -0.593. The van der Waals surface area contributed by atoms with Gasteiger partial charge in [-0.1, -0.05) is 20.8 Å². The van der Waals surface area contributed by atoms with E-state index >= 15 is 0 Å². The van der Waals surface area contributed by atoms with Gasteiger partial charge in [-0.05, 0) is 18.1 Å². The standard InChI is InChI=1S/C12H23NO4Si/c1-12(2,3)18(4,5)17-9-7-13(11(14)15)6-8-10(9)16-8/h8-10H,6-7H2,1-5H3,(H,14,15). The van der Waals surface area contributed by atoms with Gasteiger partial charge in [0.05, 0.1) is 19.2 Å². The second-order valence-electron chi connectivity index (χ2n) is 6.74. The third-order valence-corrected chi connectivity index (χ3v) is 8.82. The van der Waals surface area contributed by atoms with Gasteiger partial charge < -0.3 is 19.2 Å². The van der Waals surface area contributed by atoms with E-state index in [1.165, 1.54) is 4.90 Å². The van der Waals surface area contributed by atoms with Gasteiger partial charge in [-0.15, -0.1) is 0 Å². The molecule has 2 aliphatic heterocycles. The maximum absolute atomic E-state index is 11.1. The Balaban J connectivity index is 2.03. The van der Waals surface area contributed by atoms with Crippen molar-refractivity contribution >= 4 is 14.4 Å². The summed E-state index contributed by atoms with van der Waals surface area (Å²) >= 11 is 0. The first kappa shape index (κ1) is 13.8. The number of epoxide rings is 1. The van der Waals surface area contributed by atoms with Crippen LogP contribution in [0.2, 0.25) is 18.1 Å². The minimum Gasteiger partial charge on any atom is -0.465 e. The van der Waals surface area contributed by atoms with Gasteiger partial charge >= 0.3 is 6.09 Å². The van der Waals surface area contributed by atoms with Crippen molar-refractivity contribution in [2.75, 3.05) is 13.1 Å². The molecule has 1 N–H and O–H groups in total. The van der Waals surface area contributed by atoms with Crippen molar-refractivity contribution in [1.29, 1.82) is 0 Å². The lowest BCUT2D eigenvalue weighted by Gasteiger charge is -2.40. The second kappa shape index (κ2) is 4.21. The van der Waals surface area contributed by atoms with E-state index in [0.717, 1.165) is 0 Å². The molecule has 2 fully saturated rings. The molecule has 3 unspecified atom stereocenters. The van der Waals surface area contributed by atoms with E-state index in [1.54, 1.807) is 0 Å². The van der Waals surface area contributed by atoms with E-state index in [2.05, 4.69) is 33.9 Å². The van der Waals surface area contributed by atoms with Gasteiger partial charge in [0.25, 0.3) is 0 Å². The first-order chi connectivity index (χ1) is 8.12. The predicted molar refractivity (Wildman–Crippen MR) is 70.3 cm³/mol. The lowest BCUT2D eigenvalue weighted by Crippen LogP contribution is -2.53. The number of likely N-dealkylation sites (tertiary alicyclic amines) is 1. The molecule has 2 aliphatic rings. The van der Waals surface area contributed by atoms with Crippen molar-refractivity contribution in [2.24, 2.45) is 0 Å². The molecule has 0 aromatic carbocycles. The normalized spacial score (nSPS) is 32.1. The number of carboxylic acid groups (broad SMARTS) is 1. The number of rotatable bonds is 2. The van der Waals surface area contributed by atoms with Crippen LogP contribution in [0.25, 0.3) is 0 Å². The summed E-state index contributed by atoms with van der Waals surface area (Å²) in [6.45, 7) is 11.8. The van der Waals surface area contributed by atoms with Crippen LogP contribution in [0.4, 0.5) is 4.79 Å². The van der Waals surface area contributed by atoms with E-state index in [0.29, 0.717) is 13.1 Å². The molecule has 3 atom stereocenters. The van der Waals surface area contributed by atoms with Crippen molar-refractivity contribution in [1.82, 2.24) is 4.90 Å². The summed E-state index contributed by atoms with van der Waals surface area (Å²) in [5.74, 6) is 0. The molecule has 2 heterocycles. The number of ether oxygens (including phenoxy) is 1. The Labute approximate surface area is 109 Å². The Kier molecular flexibility index (Phi) is 3.24. The van der Waals surface area contributed by atoms with Crippen LogP contribution < -0.4 is 0 Å². The fraction of sp³-hybridized carbons (Fsp3) is 0.917. The number of carbonyl (C=O) groups is 1. The van der Waals surface area contributed by atoms with Crippen LogP contribution in [-0.2, 0) is 9.16 Å². The molecule has 0 aliphatic carbocycles. The molecule has 0 spiro atoms. The zero-order valence-corrected chi connectivity index (χ0v) is 12.8. The maximum atomic E-state index is 11.1. The lowest BCUT2D eigenvalue weighted by atomic mass is 10.1. The van der Waals surface area contributed by atoms with Crippen molar-refractivity contribution in [3.63, 3.8) is 0 Å². The van der Waals surface area contributed by atoms with E-state index in [4.69, 9.17) is 14.3 Å². The maximum Gasteiger partial charge on any atom is 0.407 e. The molecule has 0 radical (unpaired) electrons. The molecule has 6 heteroatoms. The first-order valence-corrected chi connectivity index (χ1v) is 9.34. The van der Waals surface area contributed by atoms with Gasteiger partial charge in [0.1, 0.15) is 12.2 Å². The Morgan fingerprint density at radius 3 is 2.50 bits per heavy atom. The van der Waals surface area contributed by atoms with Crippen LogP contribution in [-0.4, -0.2) is 55.8 Å². The van der Waals surface area contributed by atoms with Gasteiger partial charge in [-0.3, -0.25) is 0 Å². The number of piperidine rings is 1. The summed E-state index contributed by atoms with van der Waals surface area (Å²) in [6, 6.07) is 0. The Morgan fingerprint density at radius 2 is 2.00 bits per heavy atom. The van der Waals surface area contributed by atoms with Gasteiger partial charge in [0.2, 0.25) is 0 Å². The average molecular weight is 273 g/mol. The quantitative estimate of drug-likeness (QED) is 0.618. The molecule has 1 amide bonds. The molecule has 5 nitrogen and oxygen atoms in total. The highest BCUT2D eigenvalue weighted by atomic mass is 28.4. The van der Waals surface area contributed by atoms with Crippen LogP contribution in [0, 0.1) is 0 Å². The molecule has 18 heavy (non-hydrogen) atoms. The molecular weight excluding hydrogens is 250 g/mol. The molecule has 0 bridgehead atoms. The first-order valence-electron chi connectivity index (χ1n) is 6.43. The highest BCUT2D eigenvalue weighted by Gasteiger charge is 2.54. The zero-order valence-electron chi connectivity index (χ0n) is 11.8. The second-order valence-corrected chi connectivity index (χ2v) is 11.5. The lowest BCUT2D eigenvalue weighted by molar-refractivity contribution is 0.0821. The van der Waals surface area contributed by atoms with Gasteiger partial charge in [-0.25, -0.2) is 4.79 Å². The molecular formula is C12H23NO4Si. The summed E-state index contributed by atoms with van der Waals surface area (Å²) in [5, 5.41) is 9.20. The molecule has 2 saturated heterocycles. The highest BCUT2D eigenvalue weighted by Crippen LogP contribution is 2.41. The van der Waals surface area contributed by atoms with Crippen molar-refractivity contribution < 1.29 is 19.1 Å². The largest absolute Gasteiger partial charge is 0.465 e. The minimum atomic E-state index is -1.87. The number of amides is 1. The fourth-order valence-corrected chi connectivity index (χ4v) is 3.38. The minimum absolute atomic E-state index is 0.0459. The molecule has 2 rings (SSSR count). The monoisotopic (exact) mass is 273 g/mol. The van der Waals surface area contributed by atoms with Gasteiger partial charge in [0, 0.05) is 0 Å². The van der Waals surface area contributed by atoms with E-state index in [-0.39, 0.29) is 23.4 Å². The summed E-state index contributed by atoms with van der Waals surface area (Å²) < 4.78 is 11.8. The highest BCUT2D eigenvalue weighted by molar-refractivity contribution is 6.74. The third-order valence-electron chi connectivity index (χ3n) is 4.31. The number of hydrogen-bond donors (Lipinski definition) is 1. The number of nitrogens with zero attached hydrogens (tertiary/aromatic N) is 1. The number of hydrogen-bond acceptors (Lipinski definition) is 3. The van der Waals surface area contributed by atoms with E-state index in [1.807, 2.05) is 0 Å². The van der Waals surface area contributed by atoms with Crippen LogP contribution >= 0.6 is 0 Å². The van der Waals surface area contributed by atoms with Crippen molar-refractivity contribution in [3.05, 3.63) is 0 Å². The van der Waals surface area contributed by atoms with E-state index < -0.39 is 14.4 Å². The van der Waals surface area contributed by atoms with Gasteiger partial charge in [-0.2, -0.15) is 0 Å². The molecule has 0 aromatic rings. The summed E-state index contributed by atoms with van der Waals surface area (Å²) in [6.07, 6.45) is -0.826. The van der Waals surface area contributed by atoms with Crippen LogP contribution in [0.1, 0.15) is 20.8 Å². The van der Waals surface area contributed by atoms with Crippen LogP contribution in [0.5, 0.6) is 0 Å². The summed E-state index contributed by atoms with van der Waals surface area (Å²) in [4.78, 5) is 12.5. The van der Waals surface area contributed by atoms with Crippen LogP contribution in [0.3, 0.4) is 0 Å². The molecule has 0 aromatic heterocycles. The third kappa shape index (κ3) is 2.55. The topological polar surface area (TPSA) is 62.3 Å². The summed E-state index contributed by atoms with van der Waals surface area (Å²) in [5.41, 5.74) is 0. The molecule has 0 saturated carbocycles.